The van der Waals surface area contributed by atoms with Gasteiger partial charge in [0.25, 0.3) is 0 Å². The lowest BCUT2D eigenvalue weighted by Crippen LogP contribution is -2.57. The van der Waals surface area contributed by atoms with Crippen LogP contribution in [-0.2, 0) is 27.3 Å². The summed E-state index contributed by atoms with van der Waals surface area (Å²) in [6, 6.07) is 14.9. The topological polar surface area (TPSA) is 225 Å². The molecule has 0 bridgehead atoms. The third-order valence-corrected chi connectivity index (χ3v) is 10.1. The fourth-order valence-corrected chi connectivity index (χ4v) is 7.31. The van der Waals surface area contributed by atoms with Crippen LogP contribution in [0.1, 0.15) is 99.3 Å². The van der Waals surface area contributed by atoms with Gasteiger partial charge in [-0.15, -0.1) is 0 Å². The molecule has 2 aliphatic rings. The van der Waals surface area contributed by atoms with Gasteiger partial charge in [-0.05, 0) is 80.0 Å². The smallest absolute Gasteiger partial charge is 0.243 e. The minimum absolute atomic E-state index is 0.00381. The summed E-state index contributed by atoms with van der Waals surface area (Å²) in [6.45, 7) is 0.485. The third-order valence-electron chi connectivity index (χ3n) is 10.1. The number of amides is 3. The molecule has 4 rings (SSSR count). The van der Waals surface area contributed by atoms with Crippen molar-refractivity contribution in [2.45, 2.75) is 102 Å². The highest BCUT2D eigenvalue weighted by Crippen LogP contribution is 2.33. The summed E-state index contributed by atoms with van der Waals surface area (Å²) < 4.78 is 0. The molecule has 50 heavy (non-hydrogen) atoms. The molecule has 2 aliphatic carbocycles. The normalized spacial score (nSPS) is 16.9. The largest absolute Gasteiger partial charge is 0.384 e. The molecule has 12 heteroatoms. The Morgan fingerprint density at radius 3 is 2.12 bits per heavy atom. The Labute approximate surface area is 295 Å². The van der Waals surface area contributed by atoms with Crippen LogP contribution in [0.4, 0.5) is 0 Å². The summed E-state index contributed by atoms with van der Waals surface area (Å²) in [5.74, 6) is -1.09. The van der Waals surface area contributed by atoms with Gasteiger partial charge < -0.3 is 33.2 Å². The van der Waals surface area contributed by atoms with Crippen LogP contribution in [-0.4, -0.2) is 48.1 Å². The Kier molecular flexibility index (Phi) is 14.6. The highest BCUT2D eigenvalue weighted by molar-refractivity contribution is 5.95. The van der Waals surface area contributed by atoms with Crippen molar-refractivity contribution in [1.29, 1.82) is 10.7 Å². The van der Waals surface area contributed by atoms with Crippen LogP contribution in [0.25, 0.3) is 0 Å². The second kappa shape index (κ2) is 19.3. The third kappa shape index (κ3) is 11.6. The summed E-state index contributed by atoms with van der Waals surface area (Å²) in [6.07, 6.45) is 11.1. The van der Waals surface area contributed by atoms with Crippen LogP contribution in [0.5, 0.6) is 0 Å². The van der Waals surface area contributed by atoms with Crippen LogP contribution >= 0.6 is 0 Å². The van der Waals surface area contributed by atoms with E-state index in [1.807, 2.05) is 30.3 Å². The summed E-state index contributed by atoms with van der Waals surface area (Å²) in [5.41, 5.74) is 19.5. The van der Waals surface area contributed by atoms with E-state index in [1.54, 1.807) is 18.2 Å². The molecule has 2 fully saturated rings. The number of nitrogens with zero attached hydrogens (tertiary/aromatic N) is 2. The van der Waals surface area contributed by atoms with Crippen molar-refractivity contribution in [3.05, 3.63) is 70.8 Å². The zero-order chi connectivity index (χ0) is 35.9. The first-order chi connectivity index (χ1) is 24.1. The highest BCUT2D eigenvalue weighted by atomic mass is 16.2. The van der Waals surface area contributed by atoms with E-state index >= 15 is 0 Å². The molecule has 0 radical (unpaired) electrons. The first-order valence-corrected chi connectivity index (χ1v) is 18.0. The molecule has 2 aromatic rings. The first-order valence-electron chi connectivity index (χ1n) is 18.0. The summed E-state index contributed by atoms with van der Waals surface area (Å²) in [4.78, 5) is 46.1. The van der Waals surface area contributed by atoms with E-state index in [4.69, 9.17) is 22.6 Å². The number of guanidine groups is 1. The minimum atomic E-state index is -0.882. The number of hydrogen-bond acceptors (Lipinski definition) is 6. The standard InChI is InChI=1S/C38H53N9O3/c39-23-26-9-7-10-27(21-26)24-45-36(49)32(15-8-20-44-38(42)43)46-37(50)33(29-13-5-2-6-14-29)47-35(48)31(28-11-3-1-4-12-28)22-25-16-18-30(19-17-25)34(40)41/h7,9-10,16-19,21,28-29,31-33H,1-6,8,11-15,20,22,24H2,(H3,40,41)(H,45,49)(H,46,50)(H,47,48)(H4,42,43,44). The van der Waals surface area contributed by atoms with Gasteiger partial charge in [0.05, 0.1) is 11.6 Å². The average molecular weight is 684 g/mol. The van der Waals surface area contributed by atoms with Gasteiger partial charge in [0.2, 0.25) is 17.7 Å². The number of amidine groups is 1. The maximum absolute atomic E-state index is 14.3. The Morgan fingerprint density at radius 1 is 0.840 bits per heavy atom. The fraction of sp³-hybridized carbons (Fsp3) is 0.526. The van der Waals surface area contributed by atoms with Gasteiger partial charge >= 0.3 is 0 Å². The highest BCUT2D eigenvalue weighted by Gasteiger charge is 2.37. The molecule has 0 spiro atoms. The summed E-state index contributed by atoms with van der Waals surface area (Å²) >= 11 is 0. The van der Waals surface area contributed by atoms with Crippen molar-refractivity contribution < 1.29 is 14.4 Å². The van der Waals surface area contributed by atoms with Crippen LogP contribution in [0.2, 0.25) is 0 Å². The molecule has 10 N–H and O–H groups in total. The Hall–Kier alpha value is -4.92. The monoisotopic (exact) mass is 683 g/mol. The van der Waals surface area contributed by atoms with Gasteiger partial charge in [0, 0.05) is 24.6 Å². The molecule has 268 valence electrons. The van der Waals surface area contributed by atoms with Gasteiger partial charge in [0.15, 0.2) is 5.96 Å². The Morgan fingerprint density at radius 2 is 1.50 bits per heavy atom. The number of carbonyl (C=O) groups is 3. The van der Waals surface area contributed by atoms with E-state index in [0.717, 1.165) is 75.3 Å². The van der Waals surface area contributed by atoms with E-state index < -0.39 is 12.1 Å². The number of nitrogens with two attached hydrogens (primary N) is 3. The number of nitrogen functional groups attached to an aromatic ring is 1. The zero-order valence-electron chi connectivity index (χ0n) is 29.0. The second-order valence-electron chi connectivity index (χ2n) is 13.7. The lowest BCUT2D eigenvalue weighted by molar-refractivity contribution is -0.135. The predicted molar refractivity (Wildman–Crippen MR) is 195 cm³/mol. The quantitative estimate of drug-likeness (QED) is 0.0791. The number of aliphatic imine (C=N–C) groups is 1. The van der Waals surface area contributed by atoms with Crippen LogP contribution in [0.3, 0.4) is 0 Å². The molecule has 0 saturated heterocycles. The summed E-state index contributed by atoms with van der Waals surface area (Å²) in [5, 5.41) is 26.1. The van der Waals surface area contributed by atoms with E-state index in [9.17, 15) is 19.6 Å². The van der Waals surface area contributed by atoms with Crippen LogP contribution in [0, 0.1) is 34.5 Å². The van der Waals surface area contributed by atoms with Gasteiger partial charge in [0.1, 0.15) is 17.9 Å². The van der Waals surface area contributed by atoms with Gasteiger partial charge in [-0.25, -0.2) is 0 Å². The van der Waals surface area contributed by atoms with Crippen molar-refractivity contribution in [2.75, 3.05) is 6.54 Å². The summed E-state index contributed by atoms with van der Waals surface area (Å²) in [7, 11) is 0. The van der Waals surface area contributed by atoms with Crippen LogP contribution in [0.15, 0.2) is 53.5 Å². The van der Waals surface area contributed by atoms with Crippen molar-refractivity contribution >= 4 is 29.5 Å². The lowest BCUT2D eigenvalue weighted by atomic mass is 9.76. The number of nitrogens with one attached hydrogen (secondary N) is 4. The maximum Gasteiger partial charge on any atom is 0.243 e. The molecule has 3 atom stereocenters. The molecule has 0 aromatic heterocycles. The number of benzene rings is 2. The maximum atomic E-state index is 14.3. The van der Waals surface area contributed by atoms with Crippen molar-refractivity contribution in [3.8, 4) is 6.07 Å². The lowest BCUT2D eigenvalue weighted by Gasteiger charge is -2.34. The van der Waals surface area contributed by atoms with E-state index in [0.29, 0.717) is 36.9 Å². The first kappa shape index (κ1) is 37.9. The molecule has 0 aliphatic heterocycles. The molecule has 3 amide bonds. The zero-order valence-corrected chi connectivity index (χ0v) is 29.0. The van der Waals surface area contributed by atoms with Crippen molar-refractivity contribution in [3.63, 3.8) is 0 Å². The minimum Gasteiger partial charge on any atom is -0.384 e. The van der Waals surface area contributed by atoms with Crippen LogP contribution < -0.4 is 33.2 Å². The second-order valence-corrected chi connectivity index (χ2v) is 13.7. The Balaban J connectivity index is 1.53. The number of nitriles is 1. The number of hydrogen-bond donors (Lipinski definition) is 7. The Bertz CT molecular complexity index is 1520. The molecule has 2 saturated carbocycles. The van der Waals surface area contributed by atoms with Gasteiger partial charge in [-0.1, -0.05) is 74.9 Å². The van der Waals surface area contributed by atoms with Crippen molar-refractivity contribution in [2.24, 2.45) is 39.9 Å². The SMILES string of the molecule is N#Cc1cccc(CNC(=O)C(CCCN=C(N)N)NC(=O)C(NC(=O)C(Cc2ccc(C(=N)N)cc2)C2CCCCC2)C2CCCCC2)c1. The molecular formula is C38H53N9O3. The van der Waals surface area contributed by atoms with Gasteiger partial charge in [-0.3, -0.25) is 24.8 Å². The molecule has 2 aromatic carbocycles. The molecular weight excluding hydrogens is 630 g/mol. The van der Waals surface area contributed by atoms with Crippen molar-refractivity contribution in [1.82, 2.24) is 16.0 Å². The number of carbonyl (C=O) groups excluding carboxylic acids is 3. The predicted octanol–water partition coefficient (Wildman–Crippen LogP) is 3.50. The van der Waals surface area contributed by atoms with E-state index in [1.165, 1.54) is 0 Å². The molecule has 12 nitrogen and oxygen atoms in total. The van der Waals surface area contributed by atoms with E-state index in [2.05, 4.69) is 27.0 Å². The average Bonchev–Trinajstić information content (AvgIpc) is 3.13. The number of rotatable bonds is 16. The fourth-order valence-electron chi connectivity index (χ4n) is 7.31. The van der Waals surface area contributed by atoms with E-state index in [-0.39, 0.29) is 53.8 Å². The molecule has 0 heterocycles. The van der Waals surface area contributed by atoms with Gasteiger partial charge in [-0.2, -0.15) is 5.26 Å². The molecule has 3 unspecified atom stereocenters.